The van der Waals surface area contributed by atoms with Gasteiger partial charge >= 0.3 is 0 Å². The van der Waals surface area contributed by atoms with Crippen LogP contribution in [0.1, 0.15) is 5.56 Å². The van der Waals surface area contributed by atoms with Gasteiger partial charge in [-0.2, -0.15) is 5.26 Å². The third-order valence-corrected chi connectivity index (χ3v) is 2.74. The van der Waals surface area contributed by atoms with Gasteiger partial charge in [0.2, 0.25) is 0 Å². The van der Waals surface area contributed by atoms with Gasteiger partial charge in [0.05, 0.1) is 27.6 Å². The summed E-state index contributed by atoms with van der Waals surface area (Å²) in [4.78, 5) is 0. The Morgan fingerprint density at radius 1 is 1.17 bits per heavy atom. The Labute approximate surface area is 109 Å². The molecule has 0 aromatic heterocycles. The van der Waals surface area contributed by atoms with E-state index in [0.717, 1.165) is 0 Å². The second kappa shape index (κ2) is 4.94. The number of benzene rings is 2. The highest BCUT2D eigenvalue weighted by Gasteiger charge is 2.09. The summed E-state index contributed by atoms with van der Waals surface area (Å²) < 4.78 is 13.7. The Balaban J connectivity index is 2.41. The van der Waals surface area contributed by atoms with Gasteiger partial charge < -0.3 is 11.1 Å². The predicted octanol–water partition coefficient (Wildman–Crippen LogP) is 3.68. The molecule has 90 valence electrons. The first-order valence-corrected chi connectivity index (χ1v) is 5.51. The molecule has 0 bridgehead atoms. The minimum absolute atomic E-state index is 0.0232. The SMILES string of the molecule is N#Cc1cccc(Nc2cccc(Cl)c2F)c1N. The van der Waals surface area contributed by atoms with Crippen molar-refractivity contribution in [3.63, 3.8) is 0 Å². The molecule has 2 rings (SSSR count). The Hall–Kier alpha value is -2.25. The molecule has 0 fully saturated rings. The molecule has 5 heteroatoms. The monoisotopic (exact) mass is 261 g/mol. The van der Waals surface area contributed by atoms with E-state index in [9.17, 15) is 4.39 Å². The summed E-state index contributed by atoms with van der Waals surface area (Å²) in [5, 5.41) is 11.7. The number of nitrogen functional groups attached to an aromatic ring is 1. The molecule has 0 heterocycles. The number of nitrogens with zero attached hydrogens (tertiary/aromatic N) is 1. The van der Waals surface area contributed by atoms with Crippen LogP contribution < -0.4 is 11.1 Å². The van der Waals surface area contributed by atoms with Gasteiger partial charge in [0.15, 0.2) is 5.82 Å². The second-order valence-corrected chi connectivity index (χ2v) is 4.01. The summed E-state index contributed by atoms with van der Waals surface area (Å²) >= 11 is 5.68. The second-order valence-electron chi connectivity index (χ2n) is 3.60. The van der Waals surface area contributed by atoms with Crippen molar-refractivity contribution in [1.29, 1.82) is 5.26 Å². The molecule has 0 aliphatic rings. The molecule has 0 unspecified atom stereocenters. The number of rotatable bonds is 2. The molecule has 0 saturated carbocycles. The van der Waals surface area contributed by atoms with E-state index >= 15 is 0 Å². The van der Waals surface area contributed by atoms with E-state index in [1.54, 1.807) is 30.3 Å². The van der Waals surface area contributed by atoms with Crippen LogP contribution >= 0.6 is 11.6 Å². The zero-order valence-electron chi connectivity index (χ0n) is 9.24. The molecule has 0 aliphatic carbocycles. The van der Waals surface area contributed by atoms with Gasteiger partial charge in [-0.05, 0) is 24.3 Å². The number of nitriles is 1. The highest BCUT2D eigenvalue weighted by Crippen LogP contribution is 2.29. The molecule has 0 amide bonds. The maximum absolute atomic E-state index is 13.7. The van der Waals surface area contributed by atoms with Gasteiger partial charge in [0, 0.05) is 0 Å². The molecule has 0 spiro atoms. The number of anilines is 3. The highest BCUT2D eigenvalue weighted by molar-refractivity contribution is 6.31. The third kappa shape index (κ3) is 2.22. The largest absolute Gasteiger partial charge is 0.396 e. The number of para-hydroxylation sites is 1. The van der Waals surface area contributed by atoms with Gasteiger partial charge in [-0.1, -0.05) is 23.7 Å². The molecular weight excluding hydrogens is 253 g/mol. The number of nitrogens with two attached hydrogens (primary N) is 1. The minimum Gasteiger partial charge on any atom is -0.396 e. The standard InChI is InChI=1S/C13H9ClFN3/c14-9-4-2-5-10(12(9)15)18-11-6-1-3-8(7-16)13(11)17/h1-6,18H,17H2. The lowest BCUT2D eigenvalue weighted by Crippen LogP contribution is -2.00. The normalized spacial score (nSPS) is 9.83. The molecule has 0 radical (unpaired) electrons. The van der Waals surface area contributed by atoms with Crippen LogP contribution in [-0.2, 0) is 0 Å². The topological polar surface area (TPSA) is 61.8 Å². The lowest BCUT2D eigenvalue weighted by atomic mass is 10.1. The van der Waals surface area contributed by atoms with E-state index in [0.29, 0.717) is 11.3 Å². The van der Waals surface area contributed by atoms with Crippen molar-refractivity contribution in [2.45, 2.75) is 0 Å². The predicted molar refractivity (Wildman–Crippen MR) is 70.3 cm³/mol. The van der Waals surface area contributed by atoms with Crippen LogP contribution in [0.4, 0.5) is 21.5 Å². The first-order chi connectivity index (χ1) is 8.63. The molecule has 0 saturated heterocycles. The highest BCUT2D eigenvalue weighted by atomic mass is 35.5. The molecule has 18 heavy (non-hydrogen) atoms. The van der Waals surface area contributed by atoms with Gasteiger partial charge in [0.25, 0.3) is 0 Å². The fraction of sp³-hybridized carbons (Fsp3) is 0. The van der Waals surface area contributed by atoms with Crippen LogP contribution in [0.5, 0.6) is 0 Å². The zero-order chi connectivity index (χ0) is 13.1. The van der Waals surface area contributed by atoms with E-state index in [-0.39, 0.29) is 16.4 Å². The third-order valence-electron chi connectivity index (χ3n) is 2.45. The Morgan fingerprint density at radius 3 is 2.56 bits per heavy atom. The van der Waals surface area contributed by atoms with Crippen molar-refractivity contribution >= 4 is 28.7 Å². The minimum atomic E-state index is -0.555. The van der Waals surface area contributed by atoms with E-state index in [4.69, 9.17) is 22.6 Å². The van der Waals surface area contributed by atoms with E-state index in [1.807, 2.05) is 6.07 Å². The van der Waals surface area contributed by atoms with Gasteiger partial charge in [-0.15, -0.1) is 0 Å². The molecule has 0 aliphatic heterocycles. The summed E-state index contributed by atoms with van der Waals surface area (Å²) in [6.45, 7) is 0. The zero-order valence-corrected chi connectivity index (χ0v) is 10.0. The first kappa shape index (κ1) is 12.2. The summed E-state index contributed by atoms with van der Waals surface area (Å²) in [5.41, 5.74) is 7.08. The van der Waals surface area contributed by atoms with Crippen molar-refractivity contribution in [2.75, 3.05) is 11.1 Å². The van der Waals surface area contributed by atoms with Crippen LogP contribution in [0, 0.1) is 17.1 Å². The maximum Gasteiger partial charge on any atom is 0.165 e. The van der Waals surface area contributed by atoms with Crippen molar-refractivity contribution in [3.8, 4) is 6.07 Å². The van der Waals surface area contributed by atoms with Gasteiger partial charge in [-0.25, -0.2) is 4.39 Å². The van der Waals surface area contributed by atoms with Crippen molar-refractivity contribution < 1.29 is 4.39 Å². The van der Waals surface area contributed by atoms with Crippen LogP contribution in [0.2, 0.25) is 5.02 Å². The summed E-state index contributed by atoms with van der Waals surface area (Å²) in [5.74, 6) is -0.555. The van der Waals surface area contributed by atoms with Crippen molar-refractivity contribution in [3.05, 3.63) is 52.8 Å². The van der Waals surface area contributed by atoms with E-state index in [2.05, 4.69) is 5.32 Å². The average molecular weight is 262 g/mol. The molecule has 2 aromatic carbocycles. The lowest BCUT2D eigenvalue weighted by Gasteiger charge is -2.11. The summed E-state index contributed by atoms with van der Waals surface area (Å²) in [6, 6.07) is 11.5. The smallest absolute Gasteiger partial charge is 0.165 e. The molecule has 3 nitrogen and oxygen atoms in total. The molecule has 2 aromatic rings. The van der Waals surface area contributed by atoms with Crippen LogP contribution in [-0.4, -0.2) is 0 Å². The Kier molecular flexibility index (Phi) is 3.35. The van der Waals surface area contributed by atoms with E-state index in [1.165, 1.54) is 6.07 Å². The number of halogens is 2. The first-order valence-electron chi connectivity index (χ1n) is 5.13. The number of hydrogen-bond acceptors (Lipinski definition) is 3. The molecular formula is C13H9ClFN3. The fourth-order valence-electron chi connectivity index (χ4n) is 1.52. The number of nitrogens with one attached hydrogen (secondary N) is 1. The molecule has 0 atom stereocenters. The van der Waals surface area contributed by atoms with Crippen LogP contribution in [0.25, 0.3) is 0 Å². The average Bonchev–Trinajstić information content (AvgIpc) is 2.37. The Morgan fingerprint density at radius 2 is 1.83 bits per heavy atom. The Bertz CT molecular complexity index is 635. The van der Waals surface area contributed by atoms with Gasteiger partial charge in [-0.3, -0.25) is 0 Å². The van der Waals surface area contributed by atoms with Crippen molar-refractivity contribution in [1.82, 2.24) is 0 Å². The molecule has 3 N–H and O–H groups in total. The van der Waals surface area contributed by atoms with Crippen LogP contribution in [0.3, 0.4) is 0 Å². The summed E-state index contributed by atoms with van der Waals surface area (Å²) in [7, 11) is 0. The van der Waals surface area contributed by atoms with E-state index < -0.39 is 5.82 Å². The quantitative estimate of drug-likeness (QED) is 0.811. The van der Waals surface area contributed by atoms with Crippen LogP contribution in [0.15, 0.2) is 36.4 Å². The fourth-order valence-corrected chi connectivity index (χ4v) is 1.69. The van der Waals surface area contributed by atoms with Crippen molar-refractivity contribution in [2.24, 2.45) is 0 Å². The summed E-state index contributed by atoms with van der Waals surface area (Å²) in [6.07, 6.45) is 0. The lowest BCUT2D eigenvalue weighted by molar-refractivity contribution is 0.632. The maximum atomic E-state index is 13.7. The van der Waals surface area contributed by atoms with Gasteiger partial charge in [0.1, 0.15) is 6.07 Å². The number of hydrogen-bond donors (Lipinski definition) is 2.